The second-order valence-electron chi connectivity index (χ2n) is 5.39. The van der Waals surface area contributed by atoms with Crippen molar-refractivity contribution in [1.82, 2.24) is 9.80 Å². The summed E-state index contributed by atoms with van der Waals surface area (Å²) in [5, 5.41) is 9.06. The number of aliphatic carboxylic acids is 1. The molecule has 0 aromatic heterocycles. The first-order valence-corrected chi connectivity index (χ1v) is 7.14. The number of carbonyl (C=O) groups is 3. The molecular weight excluding hydrogens is 284 g/mol. The van der Waals surface area contributed by atoms with Crippen molar-refractivity contribution in [3.8, 4) is 0 Å². The van der Waals surface area contributed by atoms with Gasteiger partial charge in [-0.1, -0.05) is 30.4 Å². The predicted octanol–water partition coefficient (Wildman–Crippen LogP) is 0.884. The average Bonchev–Trinajstić information content (AvgIpc) is 3.11. The van der Waals surface area contributed by atoms with Crippen LogP contribution in [-0.2, 0) is 16.1 Å². The molecule has 22 heavy (non-hydrogen) atoms. The second-order valence-corrected chi connectivity index (χ2v) is 5.39. The molecule has 114 valence electrons. The van der Waals surface area contributed by atoms with Gasteiger partial charge in [-0.25, -0.2) is 4.79 Å². The maximum absolute atomic E-state index is 12.2. The largest absolute Gasteiger partial charge is 0.479 e. The number of rotatable bonds is 4. The third-order valence-electron chi connectivity index (χ3n) is 4.02. The zero-order valence-corrected chi connectivity index (χ0v) is 11.9. The van der Waals surface area contributed by atoms with Crippen LogP contribution in [-0.4, -0.2) is 51.8 Å². The summed E-state index contributed by atoms with van der Waals surface area (Å²) >= 11 is 0. The quantitative estimate of drug-likeness (QED) is 0.838. The Balaban J connectivity index is 1.59. The van der Waals surface area contributed by atoms with Gasteiger partial charge in [0.2, 0.25) is 5.91 Å². The van der Waals surface area contributed by atoms with E-state index in [1.165, 1.54) is 11.0 Å². The average molecular weight is 300 g/mol. The van der Waals surface area contributed by atoms with Crippen LogP contribution in [0.25, 0.3) is 0 Å². The van der Waals surface area contributed by atoms with Gasteiger partial charge < -0.3 is 14.9 Å². The van der Waals surface area contributed by atoms with E-state index in [-0.39, 0.29) is 18.2 Å². The lowest BCUT2D eigenvalue weighted by Gasteiger charge is -2.23. The summed E-state index contributed by atoms with van der Waals surface area (Å²) in [6.07, 6.45) is 3.32. The first-order valence-electron chi connectivity index (χ1n) is 7.14. The summed E-state index contributed by atoms with van der Waals surface area (Å²) in [6, 6.07) is 6.50. The molecule has 0 radical (unpaired) electrons. The van der Waals surface area contributed by atoms with Crippen LogP contribution < -0.4 is 0 Å². The van der Waals surface area contributed by atoms with Crippen LogP contribution in [0.4, 0.5) is 0 Å². The Morgan fingerprint density at radius 1 is 1.27 bits per heavy atom. The minimum Gasteiger partial charge on any atom is -0.479 e. The Hall–Kier alpha value is -2.63. The Morgan fingerprint density at radius 3 is 2.77 bits per heavy atom. The molecular formula is C16H16N2O4. The maximum atomic E-state index is 12.2. The van der Waals surface area contributed by atoms with Crippen molar-refractivity contribution in [2.75, 3.05) is 13.1 Å². The topological polar surface area (TPSA) is 77.9 Å². The highest BCUT2D eigenvalue weighted by Crippen LogP contribution is 2.22. The van der Waals surface area contributed by atoms with Gasteiger partial charge in [-0.2, -0.15) is 0 Å². The normalized spacial score (nSPS) is 19.6. The summed E-state index contributed by atoms with van der Waals surface area (Å²) in [5.41, 5.74) is 1.65. The maximum Gasteiger partial charge on any atom is 0.330 e. The minimum atomic E-state index is -1.04. The molecule has 2 amide bonds. The van der Waals surface area contributed by atoms with E-state index in [0.29, 0.717) is 25.2 Å². The van der Waals surface area contributed by atoms with Gasteiger partial charge in [-0.15, -0.1) is 0 Å². The molecule has 0 aliphatic carbocycles. The zero-order valence-electron chi connectivity index (χ0n) is 11.9. The van der Waals surface area contributed by atoms with Crippen molar-refractivity contribution >= 4 is 17.8 Å². The fraction of sp³-hybridized carbons (Fsp3) is 0.312. The molecule has 2 aliphatic rings. The van der Waals surface area contributed by atoms with Gasteiger partial charge in [0.05, 0.1) is 0 Å². The van der Waals surface area contributed by atoms with Gasteiger partial charge in [0.15, 0.2) is 0 Å². The van der Waals surface area contributed by atoms with E-state index in [0.717, 1.165) is 5.56 Å². The molecule has 0 saturated heterocycles. The third-order valence-corrected chi connectivity index (χ3v) is 4.02. The molecule has 0 fully saturated rings. The molecule has 2 heterocycles. The van der Waals surface area contributed by atoms with Gasteiger partial charge in [0, 0.05) is 31.6 Å². The highest BCUT2D eigenvalue weighted by Gasteiger charge is 2.31. The summed E-state index contributed by atoms with van der Waals surface area (Å²) in [5.74, 6) is -1.36. The van der Waals surface area contributed by atoms with Crippen molar-refractivity contribution in [3.63, 3.8) is 0 Å². The molecule has 0 spiro atoms. The van der Waals surface area contributed by atoms with Crippen LogP contribution in [0.15, 0.2) is 36.4 Å². The Morgan fingerprint density at radius 2 is 2.05 bits per heavy atom. The van der Waals surface area contributed by atoms with Crippen LogP contribution in [0.3, 0.4) is 0 Å². The van der Waals surface area contributed by atoms with E-state index >= 15 is 0 Å². The molecule has 6 nitrogen and oxygen atoms in total. The predicted molar refractivity (Wildman–Crippen MR) is 78.1 cm³/mol. The molecule has 0 bridgehead atoms. The van der Waals surface area contributed by atoms with Gasteiger partial charge in [0.25, 0.3) is 5.91 Å². The van der Waals surface area contributed by atoms with E-state index in [9.17, 15) is 14.4 Å². The van der Waals surface area contributed by atoms with E-state index in [1.807, 2.05) is 18.2 Å². The number of hydrogen-bond acceptors (Lipinski definition) is 3. The number of nitrogens with zero attached hydrogens (tertiary/aromatic N) is 2. The summed E-state index contributed by atoms with van der Waals surface area (Å²) in [4.78, 5) is 38.4. The van der Waals surface area contributed by atoms with Crippen LogP contribution >= 0.6 is 0 Å². The molecule has 1 atom stereocenters. The Kier molecular flexibility index (Phi) is 3.66. The SMILES string of the molecule is O=C(O)[C@@H]1C=CCN1C(=O)CCN1Cc2ccccc2C1=O. The molecule has 0 unspecified atom stereocenters. The van der Waals surface area contributed by atoms with Crippen LogP contribution in [0.1, 0.15) is 22.3 Å². The Bertz CT molecular complexity index is 668. The highest BCUT2D eigenvalue weighted by atomic mass is 16.4. The van der Waals surface area contributed by atoms with Crippen LogP contribution in [0.2, 0.25) is 0 Å². The van der Waals surface area contributed by atoms with Gasteiger partial charge >= 0.3 is 5.97 Å². The zero-order chi connectivity index (χ0) is 15.7. The number of carboxylic acids is 1. The highest BCUT2D eigenvalue weighted by molar-refractivity contribution is 5.98. The lowest BCUT2D eigenvalue weighted by molar-refractivity contribution is -0.147. The van der Waals surface area contributed by atoms with E-state index in [1.54, 1.807) is 17.0 Å². The van der Waals surface area contributed by atoms with Crippen molar-refractivity contribution < 1.29 is 19.5 Å². The van der Waals surface area contributed by atoms with Crippen molar-refractivity contribution in [3.05, 3.63) is 47.5 Å². The van der Waals surface area contributed by atoms with Crippen molar-refractivity contribution in [2.24, 2.45) is 0 Å². The van der Waals surface area contributed by atoms with Crippen molar-refractivity contribution in [1.29, 1.82) is 0 Å². The first kappa shape index (κ1) is 14.3. The number of carbonyl (C=O) groups excluding carboxylic acids is 2. The van der Waals surface area contributed by atoms with Crippen LogP contribution in [0.5, 0.6) is 0 Å². The number of carboxylic acid groups (broad SMARTS) is 1. The van der Waals surface area contributed by atoms with E-state index in [2.05, 4.69) is 0 Å². The number of benzene rings is 1. The molecule has 1 aromatic rings. The van der Waals surface area contributed by atoms with E-state index < -0.39 is 12.0 Å². The fourth-order valence-corrected chi connectivity index (χ4v) is 2.86. The fourth-order valence-electron chi connectivity index (χ4n) is 2.86. The van der Waals surface area contributed by atoms with E-state index in [4.69, 9.17) is 5.11 Å². The van der Waals surface area contributed by atoms with Crippen LogP contribution in [0, 0.1) is 0 Å². The number of amides is 2. The van der Waals surface area contributed by atoms with Crippen molar-refractivity contribution in [2.45, 2.75) is 19.0 Å². The summed E-state index contributed by atoms with van der Waals surface area (Å²) < 4.78 is 0. The standard InChI is InChI=1S/C16H16N2O4/c19-14(18-8-3-6-13(18)16(21)22)7-9-17-10-11-4-1-2-5-12(11)15(17)20/h1-6,13H,7-10H2,(H,21,22)/t13-/m0/s1. The molecule has 1 aromatic carbocycles. The molecule has 3 rings (SSSR count). The monoisotopic (exact) mass is 300 g/mol. The molecule has 1 N–H and O–H groups in total. The first-order chi connectivity index (χ1) is 10.6. The second kappa shape index (κ2) is 5.63. The third kappa shape index (κ3) is 2.47. The van der Waals surface area contributed by atoms with Gasteiger partial charge in [-0.3, -0.25) is 9.59 Å². The smallest absolute Gasteiger partial charge is 0.330 e. The number of hydrogen-bond donors (Lipinski definition) is 1. The molecule has 6 heteroatoms. The molecule has 2 aliphatic heterocycles. The lowest BCUT2D eigenvalue weighted by atomic mass is 10.1. The minimum absolute atomic E-state index is 0.0715. The summed E-state index contributed by atoms with van der Waals surface area (Å²) in [6.45, 7) is 1.11. The van der Waals surface area contributed by atoms with Gasteiger partial charge in [-0.05, 0) is 11.6 Å². The Labute approximate surface area is 127 Å². The number of fused-ring (bicyclic) bond motifs is 1. The molecule has 0 saturated carbocycles. The van der Waals surface area contributed by atoms with Gasteiger partial charge in [0.1, 0.15) is 6.04 Å². The lowest BCUT2D eigenvalue weighted by Crippen LogP contribution is -2.42. The summed E-state index contributed by atoms with van der Waals surface area (Å²) in [7, 11) is 0.